The minimum atomic E-state index is -1.35. The summed E-state index contributed by atoms with van der Waals surface area (Å²) < 4.78 is 18.2. The normalized spacial score (nSPS) is 9.31. The number of carboxylic acid groups (broad SMARTS) is 1. The second-order valence-corrected chi connectivity index (χ2v) is 2.90. The van der Waals surface area contributed by atoms with E-state index < -0.39 is 17.3 Å². The molecule has 2 N–H and O–H groups in total. The quantitative estimate of drug-likeness (QED) is 0.761. The standard InChI is InChI=1S/C11H10FNO3/c1-3-4-13-9-6-8(12)7(11(14)15)5-10(9)16-2/h1,5-6,13H,4H2,2H3,(H,14,15). The predicted molar refractivity (Wildman–Crippen MR) is 57.2 cm³/mol. The maximum absolute atomic E-state index is 13.3. The highest BCUT2D eigenvalue weighted by atomic mass is 19.1. The van der Waals surface area contributed by atoms with Crippen molar-refractivity contribution in [2.24, 2.45) is 0 Å². The first-order valence-electron chi connectivity index (χ1n) is 4.38. The van der Waals surface area contributed by atoms with Gasteiger partial charge in [0.05, 0.1) is 24.9 Å². The molecule has 0 radical (unpaired) electrons. The summed E-state index contributed by atoms with van der Waals surface area (Å²) in [6.07, 6.45) is 5.04. The number of carbonyl (C=O) groups is 1. The Hall–Kier alpha value is -2.22. The van der Waals surface area contributed by atoms with Crippen LogP contribution in [0.2, 0.25) is 0 Å². The van der Waals surface area contributed by atoms with Crippen LogP contribution < -0.4 is 10.1 Å². The van der Waals surface area contributed by atoms with Crippen LogP contribution in [-0.2, 0) is 0 Å². The zero-order valence-electron chi connectivity index (χ0n) is 8.58. The molecule has 0 unspecified atom stereocenters. The van der Waals surface area contributed by atoms with E-state index in [0.717, 1.165) is 12.1 Å². The fourth-order valence-corrected chi connectivity index (χ4v) is 1.17. The van der Waals surface area contributed by atoms with Gasteiger partial charge in [-0.3, -0.25) is 0 Å². The van der Waals surface area contributed by atoms with Gasteiger partial charge in [0.2, 0.25) is 0 Å². The minimum absolute atomic E-state index is 0.197. The van der Waals surface area contributed by atoms with Crippen molar-refractivity contribution in [2.45, 2.75) is 0 Å². The monoisotopic (exact) mass is 223 g/mol. The Bertz CT molecular complexity index is 451. The number of ether oxygens (including phenoxy) is 1. The van der Waals surface area contributed by atoms with Crippen molar-refractivity contribution < 1.29 is 19.0 Å². The third kappa shape index (κ3) is 2.42. The van der Waals surface area contributed by atoms with E-state index in [1.54, 1.807) is 0 Å². The molecule has 1 aromatic carbocycles. The Balaban J connectivity index is 3.16. The van der Waals surface area contributed by atoms with E-state index in [0.29, 0.717) is 5.69 Å². The first kappa shape index (κ1) is 11.9. The molecule has 4 nitrogen and oxygen atoms in total. The Kier molecular flexibility index (Phi) is 3.72. The van der Waals surface area contributed by atoms with E-state index >= 15 is 0 Å². The molecule has 0 aliphatic carbocycles. The van der Waals surface area contributed by atoms with Gasteiger partial charge in [-0.25, -0.2) is 9.18 Å². The van der Waals surface area contributed by atoms with Crippen LogP contribution in [0.15, 0.2) is 12.1 Å². The average Bonchev–Trinajstić information content (AvgIpc) is 2.25. The largest absolute Gasteiger partial charge is 0.495 e. The van der Waals surface area contributed by atoms with Gasteiger partial charge in [-0.1, -0.05) is 5.92 Å². The second kappa shape index (κ2) is 5.03. The number of rotatable bonds is 4. The lowest BCUT2D eigenvalue weighted by molar-refractivity contribution is 0.0691. The molecule has 0 fully saturated rings. The molecule has 84 valence electrons. The van der Waals surface area contributed by atoms with E-state index in [-0.39, 0.29) is 12.3 Å². The number of nitrogens with one attached hydrogen (secondary N) is 1. The maximum Gasteiger partial charge on any atom is 0.338 e. The first-order valence-corrected chi connectivity index (χ1v) is 4.38. The van der Waals surface area contributed by atoms with Gasteiger partial charge >= 0.3 is 5.97 Å². The van der Waals surface area contributed by atoms with E-state index in [9.17, 15) is 9.18 Å². The number of benzene rings is 1. The Morgan fingerprint density at radius 1 is 1.69 bits per heavy atom. The molecular weight excluding hydrogens is 213 g/mol. The van der Waals surface area contributed by atoms with Gasteiger partial charge in [0.25, 0.3) is 0 Å². The SMILES string of the molecule is C#CCNc1cc(F)c(C(=O)O)cc1OC. The van der Waals surface area contributed by atoms with Gasteiger partial charge in [-0.15, -0.1) is 6.42 Å². The summed E-state index contributed by atoms with van der Waals surface area (Å²) in [6.45, 7) is 0.197. The van der Waals surface area contributed by atoms with E-state index in [1.807, 2.05) is 0 Å². The number of carboxylic acids is 1. The summed E-state index contributed by atoms with van der Waals surface area (Å²) >= 11 is 0. The molecule has 0 heterocycles. The smallest absolute Gasteiger partial charge is 0.338 e. The summed E-state index contributed by atoms with van der Waals surface area (Å²) in [5.74, 6) is 0.362. The van der Waals surface area contributed by atoms with Crippen molar-refractivity contribution in [1.29, 1.82) is 0 Å². The first-order chi connectivity index (χ1) is 7.60. The van der Waals surface area contributed by atoms with Crippen LogP contribution in [0, 0.1) is 18.2 Å². The van der Waals surface area contributed by atoms with Crippen molar-refractivity contribution in [3.05, 3.63) is 23.5 Å². The molecule has 1 aromatic rings. The molecule has 0 amide bonds. The number of methoxy groups -OCH3 is 1. The van der Waals surface area contributed by atoms with E-state index in [1.165, 1.54) is 7.11 Å². The van der Waals surface area contributed by atoms with Crippen LogP contribution in [0.1, 0.15) is 10.4 Å². The molecule has 0 aromatic heterocycles. The number of anilines is 1. The molecule has 16 heavy (non-hydrogen) atoms. The van der Waals surface area contributed by atoms with E-state index in [2.05, 4.69) is 11.2 Å². The summed E-state index contributed by atoms with van der Waals surface area (Å²) in [4.78, 5) is 10.7. The number of hydrogen-bond acceptors (Lipinski definition) is 3. The molecule has 0 aliphatic heterocycles. The molecule has 0 saturated carbocycles. The summed E-state index contributed by atoms with van der Waals surface area (Å²) in [5, 5.41) is 11.4. The topological polar surface area (TPSA) is 58.6 Å². The molecule has 1 rings (SSSR count). The van der Waals surface area contributed by atoms with Crippen molar-refractivity contribution in [1.82, 2.24) is 0 Å². The average molecular weight is 223 g/mol. The zero-order valence-corrected chi connectivity index (χ0v) is 8.58. The number of halogens is 1. The highest BCUT2D eigenvalue weighted by molar-refractivity contribution is 5.89. The highest BCUT2D eigenvalue weighted by Gasteiger charge is 2.15. The van der Waals surface area contributed by atoms with Gasteiger partial charge in [-0.05, 0) is 6.07 Å². The van der Waals surface area contributed by atoms with Gasteiger partial charge in [-0.2, -0.15) is 0 Å². The van der Waals surface area contributed by atoms with Gasteiger partial charge in [0.15, 0.2) is 0 Å². The molecular formula is C11H10FNO3. The molecule has 5 heteroatoms. The lowest BCUT2D eigenvalue weighted by Gasteiger charge is -2.10. The van der Waals surface area contributed by atoms with Crippen molar-refractivity contribution >= 4 is 11.7 Å². The number of hydrogen-bond donors (Lipinski definition) is 2. The Labute approximate surface area is 92.0 Å². The maximum atomic E-state index is 13.3. The third-order valence-electron chi connectivity index (χ3n) is 1.90. The van der Waals surface area contributed by atoms with Gasteiger partial charge in [0, 0.05) is 6.07 Å². The molecule has 0 saturated heterocycles. The lowest BCUT2D eigenvalue weighted by atomic mass is 10.1. The van der Waals surface area contributed by atoms with Crippen LogP contribution in [-0.4, -0.2) is 24.7 Å². The molecule has 0 atom stereocenters. The van der Waals surface area contributed by atoms with Crippen LogP contribution in [0.25, 0.3) is 0 Å². The number of aromatic carboxylic acids is 1. The van der Waals surface area contributed by atoms with Gasteiger partial charge in [0.1, 0.15) is 11.6 Å². The third-order valence-corrected chi connectivity index (χ3v) is 1.90. The van der Waals surface area contributed by atoms with Crippen LogP contribution in [0.3, 0.4) is 0 Å². The van der Waals surface area contributed by atoms with Crippen molar-refractivity contribution in [2.75, 3.05) is 19.0 Å². The molecule has 0 aliphatic rings. The lowest BCUT2D eigenvalue weighted by Crippen LogP contribution is -2.06. The van der Waals surface area contributed by atoms with Crippen molar-refractivity contribution in [3.8, 4) is 18.1 Å². The van der Waals surface area contributed by atoms with E-state index in [4.69, 9.17) is 16.3 Å². The summed E-state index contributed by atoms with van der Waals surface area (Å²) in [6, 6.07) is 2.15. The summed E-state index contributed by atoms with van der Waals surface area (Å²) in [5.41, 5.74) is -0.119. The fraction of sp³-hybridized carbons (Fsp3) is 0.182. The summed E-state index contributed by atoms with van der Waals surface area (Å²) in [7, 11) is 1.36. The fourth-order valence-electron chi connectivity index (χ4n) is 1.17. The predicted octanol–water partition coefficient (Wildman–Crippen LogP) is 1.58. The van der Waals surface area contributed by atoms with Crippen LogP contribution in [0.5, 0.6) is 5.75 Å². The van der Waals surface area contributed by atoms with Crippen LogP contribution in [0.4, 0.5) is 10.1 Å². The minimum Gasteiger partial charge on any atom is -0.495 e. The second-order valence-electron chi connectivity index (χ2n) is 2.90. The number of terminal acetylenes is 1. The van der Waals surface area contributed by atoms with Gasteiger partial charge < -0.3 is 15.2 Å². The zero-order chi connectivity index (χ0) is 12.1. The molecule has 0 bridgehead atoms. The molecule has 0 spiro atoms. The highest BCUT2D eigenvalue weighted by Crippen LogP contribution is 2.27. The van der Waals surface area contributed by atoms with Crippen molar-refractivity contribution in [3.63, 3.8) is 0 Å². The van der Waals surface area contributed by atoms with Crippen LogP contribution >= 0.6 is 0 Å². The Morgan fingerprint density at radius 2 is 2.38 bits per heavy atom. The Morgan fingerprint density at radius 3 is 2.88 bits per heavy atom.